The zero-order chi connectivity index (χ0) is 21.6. The molecule has 0 heterocycles. The third-order valence-corrected chi connectivity index (χ3v) is 10.9. The van der Waals surface area contributed by atoms with E-state index < -0.39 is 32.9 Å². The van der Waals surface area contributed by atoms with Crippen LogP contribution in [0.3, 0.4) is 0 Å². The highest BCUT2D eigenvalue weighted by atomic mass is 35.5. The molecule has 4 rings (SSSR count). The molecule has 0 aromatic carbocycles. The number of carbonyl (C=O) groups is 2. The van der Waals surface area contributed by atoms with Crippen LogP contribution in [0.2, 0.25) is 0 Å². The summed E-state index contributed by atoms with van der Waals surface area (Å²) in [5.74, 6) is -0.980. The van der Waals surface area contributed by atoms with Gasteiger partial charge in [0.2, 0.25) is 5.12 Å². The molecular formula is C22H27Cl2FO3S. The van der Waals surface area contributed by atoms with E-state index in [4.69, 9.17) is 23.2 Å². The third kappa shape index (κ3) is 2.42. The van der Waals surface area contributed by atoms with Crippen LogP contribution in [0, 0.1) is 28.6 Å². The molecule has 4 aliphatic carbocycles. The first-order chi connectivity index (χ1) is 13.4. The summed E-state index contributed by atoms with van der Waals surface area (Å²) in [5.41, 5.74) is -2.81. The maximum absolute atomic E-state index is 15.4. The van der Waals surface area contributed by atoms with Crippen molar-refractivity contribution in [3.8, 4) is 0 Å². The Balaban J connectivity index is 1.87. The minimum atomic E-state index is -1.52. The Morgan fingerprint density at radius 1 is 1.31 bits per heavy atom. The van der Waals surface area contributed by atoms with Crippen molar-refractivity contribution in [1.82, 2.24) is 0 Å². The first kappa shape index (κ1) is 21.9. The lowest BCUT2D eigenvalue weighted by Crippen LogP contribution is -2.68. The molecule has 0 aromatic rings. The highest BCUT2D eigenvalue weighted by molar-refractivity contribution is 8.13. The fraction of sp³-hybridized carbons (Fsp3) is 0.727. The molecule has 0 aromatic heterocycles. The third-order valence-electron chi connectivity index (χ3n) is 8.66. The molecule has 3 saturated carbocycles. The number of rotatable bonds is 1. The zero-order valence-corrected chi connectivity index (χ0v) is 19.4. The highest BCUT2D eigenvalue weighted by Gasteiger charge is 2.75. The number of allylic oxidation sites excluding steroid dienone is 4. The van der Waals surface area contributed by atoms with E-state index in [0.717, 1.165) is 11.8 Å². The second kappa shape index (κ2) is 6.57. The van der Waals surface area contributed by atoms with Gasteiger partial charge in [-0.25, -0.2) is 4.39 Å². The largest absolute Gasteiger partial charge is 0.380 e. The van der Waals surface area contributed by atoms with E-state index in [1.165, 1.54) is 12.2 Å². The quantitative estimate of drug-likeness (QED) is 0.576. The van der Waals surface area contributed by atoms with E-state index in [2.05, 4.69) is 0 Å². The average Bonchev–Trinajstić information content (AvgIpc) is 2.86. The molecular weight excluding hydrogens is 434 g/mol. The standard InChI is InChI=1S/C22H27Cl2FO3S/c1-11-7-13-14-9-16(25)15-8-12(26)5-6-19(15,2)21(14,24)17(23)10-20(13,3)22(11,28)18(27)29-4/h5-6,8,11,13-14,16-17,28H,7,9-10H2,1-4H3/t11-,13-,14-,16-,17-,19-,20-,21-,22-/m0/s1. The second-order valence-corrected chi connectivity index (χ2v) is 11.6. The fourth-order valence-corrected chi connectivity index (χ4v) is 9.01. The van der Waals surface area contributed by atoms with Crippen molar-refractivity contribution in [2.45, 2.75) is 62.1 Å². The molecule has 0 amide bonds. The summed E-state index contributed by atoms with van der Waals surface area (Å²) in [7, 11) is 0. The lowest BCUT2D eigenvalue weighted by atomic mass is 9.46. The molecule has 0 unspecified atom stereocenters. The Morgan fingerprint density at radius 2 is 1.97 bits per heavy atom. The van der Waals surface area contributed by atoms with Gasteiger partial charge in [-0.2, -0.15) is 0 Å². The molecule has 7 heteroatoms. The number of ketones is 1. The summed E-state index contributed by atoms with van der Waals surface area (Å²) in [6.07, 6.45) is 5.99. The van der Waals surface area contributed by atoms with Crippen molar-refractivity contribution in [3.63, 3.8) is 0 Å². The number of hydrogen-bond acceptors (Lipinski definition) is 4. The van der Waals surface area contributed by atoms with Crippen LogP contribution in [0.4, 0.5) is 4.39 Å². The minimum Gasteiger partial charge on any atom is -0.380 e. The Morgan fingerprint density at radius 3 is 2.59 bits per heavy atom. The predicted molar refractivity (Wildman–Crippen MR) is 115 cm³/mol. The molecule has 1 N–H and O–H groups in total. The predicted octanol–water partition coefficient (Wildman–Crippen LogP) is 4.69. The number of thioether (sulfide) groups is 1. The van der Waals surface area contributed by atoms with Gasteiger partial charge in [-0.15, -0.1) is 23.2 Å². The molecule has 3 nitrogen and oxygen atoms in total. The van der Waals surface area contributed by atoms with Crippen LogP contribution in [-0.4, -0.2) is 44.3 Å². The summed E-state index contributed by atoms with van der Waals surface area (Å²) >= 11 is 15.4. The SMILES string of the molecule is CSC(=O)[C@@]1(O)[C@@H](C)C[C@H]2[C@@H]3C[C@H](F)C4=CC(=O)C=C[C@]4(C)[C@@]3(Cl)[C@@H](Cl)C[C@@]21C. The summed E-state index contributed by atoms with van der Waals surface area (Å²) < 4.78 is 15.4. The lowest BCUT2D eigenvalue weighted by molar-refractivity contribution is -0.156. The van der Waals surface area contributed by atoms with Crippen molar-refractivity contribution in [1.29, 1.82) is 0 Å². The fourth-order valence-electron chi connectivity index (χ4n) is 7.07. The van der Waals surface area contributed by atoms with Gasteiger partial charge in [0, 0.05) is 10.8 Å². The van der Waals surface area contributed by atoms with Crippen molar-refractivity contribution in [2.75, 3.05) is 6.26 Å². The van der Waals surface area contributed by atoms with E-state index in [1.54, 1.807) is 12.3 Å². The average molecular weight is 461 g/mol. The molecule has 0 saturated heterocycles. The number of hydrogen-bond donors (Lipinski definition) is 1. The molecule has 4 aliphatic rings. The molecule has 160 valence electrons. The zero-order valence-electron chi connectivity index (χ0n) is 17.0. The number of alkyl halides is 3. The van der Waals surface area contributed by atoms with Gasteiger partial charge >= 0.3 is 0 Å². The minimum absolute atomic E-state index is 0.145. The molecule has 29 heavy (non-hydrogen) atoms. The van der Waals surface area contributed by atoms with Crippen LogP contribution in [0.15, 0.2) is 23.8 Å². The van der Waals surface area contributed by atoms with E-state index in [9.17, 15) is 14.7 Å². The molecule has 0 bridgehead atoms. The Bertz CT molecular complexity index is 846. The smallest absolute Gasteiger partial charge is 0.221 e. The van der Waals surface area contributed by atoms with Gasteiger partial charge in [-0.3, -0.25) is 9.59 Å². The number of carbonyl (C=O) groups excluding carboxylic acids is 2. The van der Waals surface area contributed by atoms with Gasteiger partial charge in [0.15, 0.2) is 5.78 Å². The first-order valence-corrected chi connectivity index (χ1v) is 12.1. The van der Waals surface area contributed by atoms with Crippen LogP contribution < -0.4 is 0 Å². The van der Waals surface area contributed by atoms with Gasteiger partial charge in [-0.1, -0.05) is 38.6 Å². The van der Waals surface area contributed by atoms with Gasteiger partial charge in [0.1, 0.15) is 11.8 Å². The Kier molecular flexibility index (Phi) is 4.95. The summed E-state index contributed by atoms with van der Waals surface area (Å²) in [4.78, 5) is 23.8. The van der Waals surface area contributed by atoms with Crippen LogP contribution in [0.25, 0.3) is 0 Å². The topological polar surface area (TPSA) is 54.4 Å². The molecule has 3 fully saturated rings. The van der Waals surface area contributed by atoms with Crippen LogP contribution in [0.1, 0.15) is 40.0 Å². The number of aliphatic hydroxyl groups is 1. The maximum atomic E-state index is 15.4. The van der Waals surface area contributed by atoms with Crippen molar-refractivity contribution in [2.24, 2.45) is 28.6 Å². The monoisotopic (exact) mass is 460 g/mol. The summed E-state index contributed by atoms with van der Waals surface area (Å²) in [5, 5.41) is 10.8. The summed E-state index contributed by atoms with van der Waals surface area (Å²) in [6.45, 7) is 5.67. The Hall–Kier alpha value is -0.360. The molecule has 0 aliphatic heterocycles. The van der Waals surface area contributed by atoms with Crippen LogP contribution in [-0.2, 0) is 9.59 Å². The van der Waals surface area contributed by atoms with Gasteiger partial charge in [0.25, 0.3) is 0 Å². The number of fused-ring (bicyclic) bond motifs is 5. The second-order valence-electron chi connectivity index (χ2n) is 9.71. The van der Waals surface area contributed by atoms with E-state index >= 15 is 4.39 Å². The van der Waals surface area contributed by atoms with Crippen molar-refractivity contribution in [3.05, 3.63) is 23.8 Å². The highest BCUT2D eigenvalue weighted by Crippen LogP contribution is 2.72. The molecule has 0 radical (unpaired) electrons. The van der Waals surface area contributed by atoms with Gasteiger partial charge in [-0.05, 0) is 61.0 Å². The molecule has 9 atom stereocenters. The van der Waals surface area contributed by atoms with E-state index in [1.807, 2.05) is 20.8 Å². The lowest BCUT2D eigenvalue weighted by Gasteiger charge is -2.64. The van der Waals surface area contributed by atoms with Crippen molar-refractivity contribution < 1.29 is 19.1 Å². The molecule has 0 spiro atoms. The number of halogens is 3. The maximum Gasteiger partial charge on any atom is 0.221 e. The normalized spacial score (nSPS) is 53.7. The van der Waals surface area contributed by atoms with E-state index in [-0.39, 0.29) is 35.1 Å². The van der Waals surface area contributed by atoms with Crippen LogP contribution in [0.5, 0.6) is 0 Å². The first-order valence-electron chi connectivity index (χ1n) is 10.1. The van der Waals surface area contributed by atoms with Gasteiger partial charge < -0.3 is 5.11 Å². The van der Waals surface area contributed by atoms with E-state index in [0.29, 0.717) is 18.4 Å². The van der Waals surface area contributed by atoms with Gasteiger partial charge in [0.05, 0.1) is 10.3 Å². The van der Waals surface area contributed by atoms with Crippen molar-refractivity contribution >= 4 is 45.9 Å². The Labute approximate surface area is 185 Å². The van der Waals surface area contributed by atoms with Crippen LogP contribution >= 0.6 is 35.0 Å². The summed E-state index contributed by atoms with van der Waals surface area (Å²) in [6, 6.07) is 0.